The van der Waals surface area contributed by atoms with Crippen LogP contribution in [-0.2, 0) is 23.0 Å². The highest BCUT2D eigenvalue weighted by Crippen LogP contribution is 2.38. The minimum absolute atomic E-state index is 0.0715. The Morgan fingerprint density at radius 1 is 1.02 bits per heavy atom. The van der Waals surface area contributed by atoms with E-state index in [1.54, 1.807) is 23.2 Å². The van der Waals surface area contributed by atoms with Crippen molar-refractivity contribution in [3.63, 3.8) is 0 Å². The molecule has 1 aliphatic heterocycles. The summed E-state index contributed by atoms with van der Waals surface area (Å²) in [5.41, 5.74) is 4.54. The molecule has 2 aromatic heterocycles. The van der Waals surface area contributed by atoms with E-state index in [0.29, 0.717) is 29.4 Å². The zero-order valence-corrected chi connectivity index (χ0v) is 33.1. The lowest BCUT2D eigenvalue weighted by Crippen LogP contribution is -2.45. The van der Waals surface area contributed by atoms with Gasteiger partial charge in [-0.3, -0.25) is 4.79 Å². The second-order valence-electron chi connectivity index (χ2n) is 16.1. The Labute approximate surface area is 314 Å². The molecule has 53 heavy (non-hydrogen) atoms. The topological polar surface area (TPSA) is 131 Å². The summed E-state index contributed by atoms with van der Waals surface area (Å²) < 4.78 is 37.2. The minimum atomic E-state index is -4.21. The number of benzene rings is 2. The van der Waals surface area contributed by atoms with Gasteiger partial charge in [0.05, 0.1) is 23.2 Å². The fourth-order valence-electron chi connectivity index (χ4n) is 7.42. The first-order valence-corrected chi connectivity index (χ1v) is 20.2. The van der Waals surface area contributed by atoms with Crippen molar-refractivity contribution in [3.8, 4) is 17.1 Å². The number of amides is 1. The van der Waals surface area contributed by atoms with Gasteiger partial charge >= 0.3 is 0 Å². The number of anilines is 2. The van der Waals surface area contributed by atoms with Gasteiger partial charge in [0, 0.05) is 36.0 Å². The van der Waals surface area contributed by atoms with Crippen molar-refractivity contribution in [2.75, 3.05) is 23.3 Å². The van der Waals surface area contributed by atoms with E-state index in [2.05, 4.69) is 74.4 Å². The number of ether oxygens (including phenoxy) is 1. The summed E-state index contributed by atoms with van der Waals surface area (Å²) in [5.74, 6) is 1.63. The third kappa shape index (κ3) is 8.80. The van der Waals surface area contributed by atoms with Gasteiger partial charge in [-0.05, 0) is 87.3 Å². The molecule has 1 atom stereocenters. The van der Waals surface area contributed by atoms with E-state index in [1.165, 1.54) is 43.4 Å². The summed E-state index contributed by atoms with van der Waals surface area (Å²) in [6.45, 7) is 14.7. The average Bonchev–Trinajstić information content (AvgIpc) is 3.62. The zero-order valence-electron chi connectivity index (χ0n) is 32.3. The number of fused-ring (bicyclic) bond motifs is 4. The van der Waals surface area contributed by atoms with Crippen LogP contribution in [0, 0.1) is 25.2 Å². The number of nitrogens with zero attached hydrogens (tertiary/aromatic N) is 6. The number of carbonyl (C=O) groups is 1. The van der Waals surface area contributed by atoms with Crippen molar-refractivity contribution in [1.29, 1.82) is 0 Å². The van der Waals surface area contributed by atoms with Crippen LogP contribution >= 0.6 is 0 Å². The molecule has 4 bridgehead atoms. The minimum Gasteiger partial charge on any atom is -0.475 e. The van der Waals surface area contributed by atoms with E-state index < -0.39 is 16.1 Å². The van der Waals surface area contributed by atoms with E-state index >= 15 is 0 Å². The quantitative estimate of drug-likeness (QED) is 0.193. The molecular weight excluding hydrogens is 687 g/mol. The van der Waals surface area contributed by atoms with Gasteiger partial charge < -0.3 is 14.5 Å². The van der Waals surface area contributed by atoms with E-state index in [9.17, 15) is 13.2 Å². The Balaban J connectivity index is 1.50. The van der Waals surface area contributed by atoms with E-state index in [4.69, 9.17) is 14.7 Å². The fourth-order valence-corrected chi connectivity index (χ4v) is 8.40. The van der Waals surface area contributed by atoms with E-state index in [1.807, 2.05) is 24.9 Å². The largest absolute Gasteiger partial charge is 0.475 e. The highest BCUT2D eigenvalue weighted by Gasteiger charge is 2.33. The van der Waals surface area contributed by atoms with Crippen LogP contribution in [0.5, 0.6) is 5.88 Å². The first kappa shape index (κ1) is 38.2. The van der Waals surface area contributed by atoms with Crippen molar-refractivity contribution in [1.82, 2.24) is 24.8 Å². The Morgan fingerprint density at radius 3 is 2.47 bits per heavy atom. The van der Waals surface area contributed by atoms with Gasteiger partial charge in [-0.25, -0.2) is 28.1 Å². The predicted octanol–water partition coefficient (Wildman–Crippen LogP) is 7.77. The molecule has 1 saturated carbocycles. The second kappa shape index (κ2) is 15.4. The fraction of sp³-hybridized carbons (Fsp3) is 0.488. The van der Waals surface area contributed by atoms with Gasteiger partial charge in [-0.1, -0.05) is 70.7 Å². The number of carbonyl (C=O) groups excluding carboxylic acids is 1. The van der Waals surface area contributed by atoms with Crippen LogP contribution in [0.4, 0.5) is 11.8 Å². The van der Waals surface area contributed by atoms with Crippen molar-refractivity contribution >= 4 is 27.7 Å². The molecular formula is C41H53N7O4S. The van der Waals surface area contributed by atoms with Gasteiger partial charge in [-0.15, -0.1) is 0 Å². The number of aromatic nitrogens is 4. The number of aryl methyl sites for hydroxylation is 1. The third-order valence-electron chi connectivity index (χ3n) is 10.4. The van der Waals surface area contributed by atoms with Gasteiger partial charge in [0.2, 0.25) is 11.8 Å². The number of sulfonamides is 1. The first-order chi connectivity index (χ1) is 25.1. The molecule has 0 spiro atoms. The second-order valence-corrected chi connectivity index (χ2v) is 17.8. The highest BCUT2D eigenvalue weighted by atomic mass is 32.2. The van der Waals surface area contributed by atoms with Crippen LogP contribution in [0.2, 0.25) is 0 Å². The SMILES string of the molecule is Cc1cccc(CC2CCCC2)c1-c1nc2nc(c1C)OC[C@@H](CC(C)(C)C)N(Cc1nccc(N(C)C(C)C)n1)C(=O)c1cccc(c1)S(=O)(=O)N2. The first-order valence-electron chi connectivity index (χ1n) is 18.7. The number of hydrogen-bond acceptors (Lipinski definition) is 9. The standard InChI is InChI=1S/C41H53N7O4S/c1-26(2)47(8)35-19-20-42-34(43-35)24-48-32(23-41(5,6)7)25-52-38-28(4)37(36-27(3)13-11-16-30(36)21-29-14-9-10-15-29)44-40(45-38)46-53(50,51)33-18-12-17-31(22-33)39(48)49/h11-13,16-20,22,26,29,32H,9-10,14-15,21,23-25H2,1-8H3,(H,44,45,46)/t32-/m1/s1. The van der Waals surface area contributed by atoms with Crippen LogP contribution in [0.3, 0.4) is 0 Å². The van der Waals surface area contributed by atoms with Crippen molar-refractivity contribution < 1.29 is 17.9 Å². The third-order valence-corrected chi connectivity index (χ3v) is 11.7. The summed E-state index contributed by atoms with van der Waals surface area (Å²) in [5, 5.41) is 0. The molecule has 0 unspecified atom stereocenters. The molecule has 1 fully saturated rings. The van der Waals surface area contributed by atoms with Crippen molar-refractivity contribution in [3.05, 3.63) is 82.8 Å². The average molecular weight is 740 g/mol. The van der Waals surface area contributed by atoms with E-state index in [0.717, 1.165) is 23.4 Å². The Bertz CT molecular complexity index is 2070. The summed E-state index contributed by atoms with van der Waals surface area (Å²) in [6.07, 6.45) is 8.08. The lowest BCUT2D eigenvalue weighted by Gasteiger charge is -2.35. The van der Waals surface area contributed by atoms with Gasteiger partial charge in [-0.2, -0.15) is 4.98 Å². The van der Waals surface area contributed by atoms with E-state index in [-0.39, 0.29) is 52.8 Å². The lowest BCUT2D eigenvalue weighted by atomic mass is 9.87. The van der Waals surface area contributed by atoms with Crippen LogP contribution in [0.1, 0.15) is 99.6 Å². The molecule has 1 aliphatic carbocycles. The summed E-state index contributed by atoms with van der Waals surface area (Å²) in [4.78, 5) is 37.3. The summed E-state index contributed by atoms with van der Waals surface area (Å²) in [7, 11) is -2.24. The van der Waals surface area contributed by atoms with Crippen LogP contribution in [0.25, 0.3) is 11.3 Å². The zero-order chi connectivity index (χ0) is 38.1. The van der Waals surface area contributed by atoms with Crippen molar-refractivity contribution in [2.45, 2.75) is 111 Å². The maximum atomic E-state index is 14.6. The molecule has 2 aromatic carbocycles. The number of hydrogen-bond donors (Lipinski definition) is 1. The number of rotatable bonds is 8. The molecule has 3 heterocycles. The molecule has 2 aliphatic rings. The smallest absolute Gasteiger partial charge is 0.264 e. The lowest BCUT2D eigenvalue weighted by molar-refractivity contribution is 0.0504. The maximum absolute atomic E-state index is 14.6. The molecule has 0 radical (unpaired) electrons. The van der Waals surface area contributed by atoms with Crippen LogP contribution in [-0.4, -0.2) is 64.9 Å². The monoisotopic (exact) mass is 739 g/mol. The molecule has 0 saturated heterocycles. The molecule has 1 N–H and O–H groups in total. The molecule has 12 heteroatoms. The van der Waals surface area contributed by atoms with Gasteiger partial charge in [0.1, 0.15) is 18.2 Å². The normalized spacial score (nSPS) is 17.8. The van der Waals surface area contributed by atoms with Gasteiger partial charge in [0.25, 0.3) is 15.9 Å². The molecule has 11 nitrogen and oxygen atoms in total. The summed E-state index contributed by atoms with van der Waals surface area (Å²) in [6, 6.07) is 14.0. The Morgan fingerprint density at radius 2 is 1.75 bits per heavy atom. The number of nitrogens with one attached hydrogen (secondary N) is 1. The Hall–Kier alpha value is -4.58. The highest BCUT2D eigenvalue weighted by molar-refractivity contribution is 7.92. The van der Waals surface area contributed by atoms with Crippen LogP contribution in [0.15, 0.2) is 59.6 Å². The molecule has 1 amide bonds. The predicted molar refractivity (Wildman–Crippen MR) is 209 cm³/mol. The Kier molecular flexibility index (Phi) is 11.1. The molecule has 6 rings (SSSR count). The van der Waals surface area contributed by atoms with Gasteiger partial charge in [0.15, 0.2) is 0 Å². The summed E-state index contributed by atoms with van der Waals surface area (Å²) >= 11 is 0. The molecule has 282 valence electrons. The van der Waals surface area contributed by atoms with Crippen LogP contribution < -0.4 is 14.4 Å². The van der Waals surface area contributed by atoms with Crippen molar-refractivity contribution in [2.24, 2.45) is 11.3 Å². The molecule has 4 aromatic rings. The maximum Gasteiger partial charge on any atom is 0.264 e.